The molecule has 5 heteroatoms. The highest BCUT2D eigenvalue weighted by atomic mass is 16.2. The van der Waals surface area contributed by atoms with E-state index < -0.39 is 5.54 Å². The zero-order valence-electron chi connectivity index (χ0n) is 8.13. The van der Waals surface area contributed by atoms with E-state index >= 15 is 0 Å². The normalized spacial score (nSPS) is 26.4. The highest BCUT2D eigenvalue weighted by Gasteiger charge is 2.35. The molecule has 0 radical (unpaired) electrons. The molecule has 0 bridgehead atoms. The number of hydrogen-bond donors (Lipinski definition) is 3. The summed E-state index contributed by atoms with van der Waals surface area (Å²) in [6.07, 6.45) is 3.54. The number of carbonyl (C=O) groups excluding carboxylic acids is 1. The van der Waals surface area contributed by atoms with Gasteiger partial charge < -0.3 is 10.6 Å². The maximum atomic E-state index is 11.8. The molecule has 1 saturated heterocycles. The molecule has 0 spiro atoms. The van der Waals surface area contributed by atoms with Crippen molar-refractivity contribution in [1.82, 2.24) is 15.5 Å². The predicted molar refractivity (Wildman–Crippen MR) is 52.9 cm³/mol. The van der Waals surface area contributed by atoms with E-state index in [1.807, 2.05) is 6.92 Å². The summed E-state index contributed by atoms with van der Waals surface area (Å²) >= 11 is 0. The zero-order valence-corrected chi connectivity index (χ0v) is 8.13. The first-order valence-electron chi connectivity index (χ1n) is 4.77. The number of amides is 1. The summed E-state index contributed by atoms with van der Waals surface area (Å²) < 4.78 is 0. The van der Waals surface area contributed by atoms with E-state index in [9.17, 15) is 4.79 Å². The van der Waals surface area contributed by atoms with E-state index in [2.05, 4.69) is 20.8 Å². The minimum atomic E-state index is -0.425. The lowest BCUT2D eigenvalue weighted by Gasteiger charge is -2.22. The molecular formula is C9H14N4O. The topological polar surface area (TPSA) is 69.8 Å². The molecule has 2 rings (SSSR count). The zero-order chi connectivity index (χ0) is 10.0. The quantitative estimate of drug-likeness (QED) is 0.641. The van der Waals surface area contributed by atoms with Gasteiger partial charge in [-0.25, -0.2) is 0 Å². The molecule has 1 aromatic heterocycles. The van der Waals surface area contributed by atoms with E-state index in [4.69, 9.17) is 0 Å². The molecule has 14 heavy (non-hydrogen) atoms. The van der Waals surface area contributed by atoms with Crippen LogP contribution in [0.1, 0.15) is 19.8 Å². The Morgan fingerprint density at radius 1 is 1.71 bits per heavy atom. The summed E-state index contributed by atoms with van der Waals surface area (Å²) in [5, 5.41) is 12.4. The van der Waals surface area contributed by atoms with Crippen LogP contribution in [0.3, 0.4) is 0 Å². The molecule has 1 amide bonds. The smallest absolute Gasteiger partial charge is 0.245 e. The number of nitrogens with zero attached hydrogens (tertiary/aromatic N) is 1. The van der Waals surface area contributed by atoms with Crippen LogP contribution in [-0.4, -0.2) is 28.2 Å². The minimum Gasteiger partial charge on any atom is -0.309 e. The summed E-state index contributed by atoms with van der Waals surface area (Å²) in [6.45, 7) is 2.83. The Morgan fingerprint density at radius 2 is 2.57 bits per heavy atom. The van der Waals surface area contributed by atoms with Gasteiger partial charge in [-0.05, 0) is 26.3 Å². The molecule has 5 nitrogen and oxygen atoms in total. The Balaban J connectivity index is 2.02. The van der Waals surface area contributed by atoms with Gasteiger partial charge in [-0.1, -0.05) is 0 Å². The Hall–Kier alpha value is -1.36. The molecule has 1 atom stereocenters. The van der Waals surface area contributed by atoms with Gasteiger partial charge >= 0.3 is 0 Å². The van der Waals surface area contributed by atoms with Crippen molar-refractivity contribution < 1.29 is 4.79 Å². The van der Waals surface area contributed by atoms with Crippen LogP contribution < -0.4 is 10.6 Å². The average molecular weight is 194 g/mol. The van der Waals surface area contributed by atoms with Gasteiger partial charge in [0, 0.05) is 6.07 Å². The molecule has 2 heterocycles. The summed E-state index contributed by atoms with van der Waals surface area (Å²) in [4.78, 5) is 11.8. The van der Waals surface area contributed by atoms with E-state index in [-0.39, 0.29) is 5.91 Å². The van der Waals surface area contributed by atoms with Crippen molar-refractivity contribution in [2.45, 2.75) is 25.3 Å². The molecule has 0 saturated carbocycles. The monoisotopic (exact) mass is 194 g/mol. The molecule has 0 aromatic carbocycles. The first-order valence-corrected chi connectivity index (χ1v) is 4.77. The summed E-state index contributed by atoms with van der Waals surface area (Å²) in [5.41, 5.74) is -0.425. The first kappa shape index (κ1) is 9.21. The third kappa shape index (κ3) is 1.63. The van der Waals surface area contributed by atoms with Crippen LogP contribution in [0, 0.1) is 0 Å². The predicted octanol–water partition coefficient (Wildman–Crippen LogP) is 0.490. The van der Waals surface area contributed by atoms with Crippen molar-refractivity contribution in [3.05, 3.63) is 12.3 Å². The second-order valence-corrected chi connectivity index (χ2v) is 3.79. The molecular weight excluding hydrogens is 180 g/mol. The largest absolute Gasteiger partial charge is 0.309 e. The SMILES string of the molecule is CC1(C(=O)Nc2ccn[nH]2)CCCN1. The van der Waals surface area contributed by atoms with Gasteiger partial charge in [-0.15, -0.1) is 0 Å². The van der Waals surface area contributed by atoms with E-state index in [0.29, 0.717) is 5.82 Å². The standard InChI is InChI=1S/C9H14N4O/c1-9(4-2-5-10-9)8(14)12-7-3-6-11-13-7/h3,6,10H,2,4-5H2,1H3,(H2,11,12,13,14). The van der Waals surface area contributed by atoms with Gasteiger partial charge in [-0.3, -0.25) is 9.89 Å². The Labute approximate surface area is 82.3 Å². The molecule has 0 aliphatic carbocycles. The fourth-order valence-electron chi connectivity index (χ4n) is 1.67. The van der Waals surface area contributed by atoms with E-state index in [1.165, 1.54) is 0 Å². The lowest BCUT2D eigenvalue weighted by molar-refractivity contribution is -0.121. The van der Waals surface area contributed by atoms with Crippen LogP contribution in [0.4, 0.5) is 5.82 Å². The van der Waals surface area contributed by atoms with Gasteiger partial charge in [0.25, 0.3) is 0 Å². The summed E-state index contributed by atoms with van der Waals surface area (Å²) in [6, 6.07) is 1.73. The summed E-state index contributed by atoms with van der Waals surface area (Å²) in [5.74, 6) is 0.643. The maximum absolute atomic E-state index is 11.8. The Bertz CT molecular complexity index is 314. The van der Waals surface area contributed by atoms with Gasteiger partial charge in [0.05, 0.1) is 11.7 Å². The number of carbonyl (C=O) groups is 1. The third-order valence-corrected chi connectivity index (χ3v) is 2.62. The van der Waals surface area contributed by atoms with Crippen molar-refractivity contribution in [2.75, 3.05) is 11.9 Å². The highest BCUT2D eigenvalue weighted by Crippen LogP contribution is 2.19. The van der Waals surface area contributed by atoms with Crippen LogP contribution in [0.25, 0.3) is 0 Å². The number of nitrogens with one attached hydrogen (secondary N) is 3. The molecule has 1 unspecified atom stereocenters. The van der Waals surface area contributed by atoms with Gasteiger partial charge in [0.1, 0.15) is 5.82 Å². The lowest BCUT2D eigenvalue weighted by atomic mass is 9.99. The third-order valence-electron chi connectivity index (χ3n) is 2.62. The van der Waals surface area contributed by atoms with Crippen LogP contribution in [0.15, 0.2) is 12.3 Å². The van der Waals surface area contributed by atoms with Crippen LogP contribution in [-0.2, 0) is 4.79 Å². The molecule has 1 aliphatic heterocycles. The lowest BCUT2D eigenvalue weighted by Crippen LogP contribution is -2.48. The van der Waals surface area contributed by atoms with E-state index in [1.54, 1.807) is 12.3 Å². The second kappa shape index (κ2) is 3.42. The van der Waals surface area contributed by atoms with Crippen LogP contribution in [0.2, 0.25) is 0 Å². The number of aromatic nitrogens is 2. The average Bonchev–Trinajstić information content (AvgIpc) is 2.76. The van der Waals surface area contributed by atoms with Crippen molar-refractivity contribution >= 4 is 11.7 Å². The van der Waals surface area contributed by atoms with Crippen LogP contribution in [0.5, 0.6) is 0 Å². The van der Waals surface area contributed by atoms with Crippen molar-refractivity contribution in [3.63, 3.8) is 0 Å². The van der Waals surface area contributed by atoms with Crippen molar-refractivity contribution in [1.29, 1.82) is 0 Å². The molecule has 1 aliphatic rings. The van der Waals surface area contributed by atoms with Crippen LogP contribution >= 0.6 is 0 Å². The van der Waals surface area contributed by atoms with Crippen molar-refractivity contribution in [2.24, 2.45) is 0 Å². The van der Waals surface area contributed by atoms with Gasteiger partial charge in [0.2, 0.25) is 5.91 Å². The van der Waals surface area contributed by atoms with Gasteiger partial charge in [-0.2, -0.15) is 5.10 Å². The molecule has 1 aromatic rings. The fourth-order valence-corrected chi connectivity index (χ4v) is 1.67. The number of anilines is 1. The first-order chi connectivity index (χ1) is 6.71. The minimum absolute atomic E-state index is 0.000694. The fraction of sp³-hybridized carbons (Fsp3) is 0.556. The van der Waals surface area contributed by atoms with Gasteiger partial charge in [0.15, 0.2) is 0 Å². The second-order valence-electron chi connectivity index (χ2n) is 3.79. The highest BCUT2D eigenvalue weighted by molar-refractivity contribution is 5.97. The van der Waals surface area contributed by atoms with Crippen molar-refractivity contribution in [3.8, 4) is 0 Å². The number of rotatable bonds is 2. The maximum Gasteiger partial charge on any atom is 0.245 e. The Morgan fingerprint density at radius 3 is 3.14 bits per heavy atom. The molecule has 3 N–H and O–H groups in total. The number of hydrogen-bond acceptors (Lipinski definition) is 3. The molecule has 1 fully saturated rings. The number of aromatic amines is 1. The van der Waals surface area contributed by atoms with E-state index in [0.717, 1.165) is 19.4 Å². The molecule has 76 valence electrons. The number of H-pyrrole nitrogens is 1. The Kier molecular flexibility index (Phi) is 2.25. The summed E-state index contributed by atoms with van der Waals surface area (Å²) in [7, 11) is 0.